The van der Waals surface area contributed by atoms with Gasteiger partial charge >= 0.3 is 12.1 Å². The van der Waals surface area contributed by atoms with Crippen molar-refractivity contribution in [3.05, 3.63) is 0 Å². The standard InChI is InChI=1S/C4H7NO5/c6-1-2(3(7)8)5-4(9)10/h2,5-6H,1H2,(H,7,8)(H,9,10). The van der Waals surface area contributed by atoms with Crippen molar-refractivity contribution < 1.29 is 24.9 Å². The van der Waals surface area contributed by atoms with Crippen molar-refractivity contribution in [2.75, 3.05) is 6.61 Å². The van der Waals surface area contributed by atoms with Crippen molar-refractivity contribution in [2.24, 2.45) is 0 Å². The van der Waals surface area contributed by atoms with Gasteiger partial charge in [0.25, 0.3) is 0 Å². The van der Waals surface area contributed by atoms with Gasteiger partial charge in [-0.1, -0.05) is 0 Å². The molecule has 0 bridgehead atoms. The van der Waals surface area contributed by atoms with Crippen molar-refractivity contribution in [3.63, 3.8) is 0 Å². The number of hydrogen-bond acceptors (Lipinski definition) is 3. The third kappa shape index (κ3) is 2.88. The Bertz CT molecular complexity index is 145. The molecule has 10 heavy (non-hydrogen) atoms. The molecule has 1 amide bonds. The molecule has 0 aromatic heterocycles. The first-order valence-electron chi connectivity index (χ1n) is 2.41. The van der Waals surface area contributed by atoms with E-state index in [-0.39, 0.29) is 0 Å². The van der Waals surface area contributed by atoms with Crippen LogP contribution in [-0.2, 0) is 4.79 Å². The zero-order valence-corrected chi connectivity index (χ0v) is 4.94. The lowest BCUT2D eigenvalue weighted by molar-refractivity contribution is -0.140. The summed E-state index contributed by atoms with van der Waals surface area (Å²) in [6.07, 6.45) is -1.47. The molecule has 0 saturated carbocycles. The molecule has 0 heterocycles. The second-order valence-corrected chi connectivity index (χ2v) is 1.52. The van der Waals surface area contributed by atoms with Crippen LogP contribution in [0, 0.1) is 0 Å². The Kier molecular flexibility index (Phi) is 3.20. The largest absolute Gasteiger partial charge is 0.480 e. The molecule has 0 spiro atoms. The van der Waals surface area contributed by atoms with E-state index in [1.54, 1.807) is 5.32 Å². The maximum atomic E-state index is 9.98. The Morgan fingerprint density at radius 2 is 1.90 bits per heavy atom. The van der Waals surface area contributed by atoms with Crippen molar-refractivity contribution in [1.29, 1.82) is 0 Å². The van der Waals surface area contributed by atoms with Crippen LogP contribution in [0.15, 0.2) is 0 Å². The summed E-state index contributed by atoms with van der Waals surface area (Å²) < 4.78 is 0. The van der Waals surface area contributed by atoms with Gasteiger partial charge in [0.1, 0.15) is 0 Å². The minimum absolute atomic E-state index is 0.748. The average molecular weight is 149 g/mol. The number of carbonyl (C=O) groups is 2. The average Bonchev–Trinajstić information content (AvgIpc) is 1.81. The first kappa shape index (κ1) is 8.70. The minimum Gasteiger partial charge on any atom is -0.480 e. The molecule has 4 N–H and O–H groups in total. The van der Waals surface area contributed by atoms with Gasteiger partial charge < -0.3 is 20.6 Å². The first-order chi connectivity index (χ1) is 4.57. The normalized spacial score (nSPS) is 12.1. The Morgan fingerprint density at radius 1 is 1.40 bits per heavy atom. The summed E-state index contributed by atoms with van der Waals surface area (Å²) in [4.78, 5) is 19.8. The molecule has 0 aromatic rings. The van der Waals surface area contributed by atoms with Crippen molar-refractivity contribution in [2.45, 2.75) is 6.04 Å². The Labute approximate surface area is 56.1 Å². The maximum Gasteiger partial charge on any atom is 0.405 e. The number of carboxylic acid groups (broad SMARTS) is 2. The van der Waals surface area contributed by atoms with Crippen molar-refractivity contribution in [3.8, 4) is 0 Å². The number of amides is 1. The van der Waals surface area contributed by atoms with Gasteiger partial charge in [0.2, 0.25) is 0 Å². The molecule has 1 atom stereocenters. The Hall–Kier alpha value is -1.30. The van der Waals surface area contributed by atoms with Crippen LogP contribution in [-0.4, -0.2) is 40.0 Å². The summed E-state index contributed by atoms with van der Waals surface area (Å²) in [5.41, 5.74) is 0. The summed E-state index contributed by atoms with van der Waals surface area (Å²) in [6, 6.07) is -1.43. The van der Waals surface area contributed by atoms with E-state index in [0.717, 1.165) is 0 Å². The molecule has 6 nitrogen and oxygen atoms in total. The Balaban J connectivity index is 3.83. The third-order valence-corrected chi connectivity index (χ3v) is 0.778. The van der Waals surface area contributed by atoms with E-state index in [1.807, 2.05) is 0 Å². The summed E-state index contributed by atoms with van der Waals surface area (Å²) in [5, 5.41) is 25.9. The molecule has 0 aliphatic carbocycles. The highest BCUT2D eigenvalue weighted by Gasteiger charge is 2.17. The Morgan fingerprint density at radius 3 is 2.00 bits per heavy atom. The van der Waals surface area contributed by atoms with E-state index < -0.39 is 24.7 Å². The van der Waals surface area contributed by atoms with Gasteiger partial charge in [-0.15, -0.1) is 0 Å². The number of aliphatic hydroxyl groups excluding tert-OH is 1. The number of aliphatic carboxylic acids is 1. The van der Waals surface area contributed by atoms with E-state index in [4.69, 9.17) is 15.3 Å². The SMILES string of the molecule is O=C(O)NC(CO)C(=O)O. The fourth-order valence-electron chi connectivity index (χ4n) is 0.335. The number of nitrogens with one attached hydrogen (secondary N) is 1. The molecular weight excluding hydrogens is 142 g/mol. The van der Waals surface area contributed by atoms with E-state index in [9.17, 15) is 9.59 Å². The van der Waals surface area contributed by atoms with E-state index in [1.165, 1.54) is 0 Å². The van der Waals surface area contributed by atoms with Crippen LogP contribution in [0.5, 0.6) is 0 Å². The fourth-order valence-corrected chi connectivity index (χ4v) is 0.335. The molecule has 1 unspecified atom stereocenters. The van der Waals surface area contributed by atoms with E-state index in [0.29, 0.717) is 0 Å². The highest BCUT2D eigenvalue weighted by Crippen LogP contribution is 1.80. The van der Waals surface area contributed by atoms with Crippen LogP contribution in [0.1, 0.15) is 0 Å². The zero-order valence-electron chi connectivity index (χ0n) is 4.94. The van der Waals surface area contributed by atoms with Crippen LogP contribution in [0.3, 0.4) is 0 Å². The summed E-state index contributed by atoms with van der Waals surface area (Å²) in [5.74, 6) is -1.40. The van der Waals surface area contributed by atoms with Gasteiger partial charge in [-0.25, -0.2) is 9.59 Å². The molecule has 6 heteroatoms. The van der Waals surface area contributed by atoms with Crippen molar-refractivity contribution >= 4 is 12.1 Å². The summed E-state index contributed by atoms with van der Waals surface area (Å²) >= 11 is 0. The lowest BCUT2D eigenvalue weighted by atomic mass is 10.3. The number of aliphatic hydroxyl groups is 1. The predicted octanol–water partition coefficient (Wildman–Crippen LogP) is -1.30. The van der Waals surface area contributed by atoms with Crippen molar-refractivity contribution in [1.82, 2.24) is 5.32 Å². The minimum atomic E-state index is -1.47. The highest BCUT2D eigenvalue weighted by atomic mass is 16.4. The predicted molar refractivity (Wildman–Crippen MR) is 29.7 cm³/mol. The van der Waals surface area contributed by atoms with Gasteiger partial charge in [-0.3, -0.25) is 0 Å². The molecule has 0 aliphatic rings. The van der Waals surface area contributed by atoms with Gasteiger partial charge in [0, 0.05) is 0 Å². The summed E-state index contributed by atoms with van der Waals surface area (Å²) in [7, 11) is 0. The van der Waals surface area contributed by atoms with Gasteiger partial charge in [-0.2, -0.15) is 0 Å². The fraction of sp³-hybridized carbons (Fsp3) is 0.500. The van der Waals surface area contributed by atoms with Crippen LogP contribution in [0.2, 0.25) is 0 Å². The number of carboxylic acids is 1. The van der Waals surface area contributed by atoms with Gasteiger partial charge in [-0.05, 0) is 0 Å². The maximum absolute atomic E-state index is 9.98. The second-order valence-electron chi connectivity index (χ2n) is 1.52. The first-order valence-corrected chi connectivity index (χ1v) is 2.41. The van der Waals surface area contributed by atoms with Gasteiger partial charge in [0.05, 0.1) is 6.61 Å². The molecule has 58 valence electrons. The quantitative estimate of drug-likeness (QED) is 0.399. The lowest BCUT2D eigenvalue weighted by Gasteiger charge is -2.06. The highest BCUT2D eigenvalue weighted by molar-refractivity contribution is 5.79. The van der Waals surface area contributed by atoms with Crippen LogP contribution < -0.4 is 5.32 Å². The second kappa shape index (κ2) is 3.67. The monoisotopic (exact) mass is 149 g/mol. The lowest BCUT2D eigenvalue weighted by Crippen LogP contribution is -2.42. The molecule has 0 fully saturated rings. The number of hydrogen-bond donors (Lipinski definition) is 4. The van der Waals surface area contributed by atoms with Crippen LogP contribution in [0.4, 0.5) is 4.79 Å². The zero-order chi connectivity index (χ0) is 8.15. The topological polar surface area (TPSA) is 107 Å². The number of rotatable bonds is 3. The van der Waals surface area contributed by atoms with E-state index in [2.05, 4.69) is 0 Å². The molecule has 0 rings (SSSR count). The smallest absolute Gasteiger partial charge is 0.405 e. The van der Waals surface area contributed by atoms with Crippen LogP contribution >= 0.6 is 0 Å². The molecule has 0 aromatic carbocycles. The molecular formula is C4H7NO5. The molecule has 0 radical (unpaired) electrons. The third-order valence-electron chi connectivity index (χ3n) is 0.778. The summed E-state index contributed by atoms with van der Waals surface area (Å²) in [6.45, 7) is -0.748. The molecule has 0 saturated heterocycles. The molecule has 0 aliphatic heterocycles. The van der Waals surface area contributed by atoms with E-state index >= 15 is 0 Å². The van der Waals surface area contributed by atoms with Gasteiger partial charge in [0.15, 0.2) is 6.04 Å². The van der Waals surface area contributed by atoms with Crippen LogP contribution in [0.25, 0.3) is 0 Å².